The van der Waals surface area contributed by atoms with Crippen molar-refractivity contribution >= 4 is 5.91 Å². The van der Waals surface area contributed by atoms with E-state index in [0.717, 1.165) is 45.7 Å². The SMILES string of the molecule is CCC(CC)N1CCN(C(=O)CN2CCc3cc(-c4ccccc4)ccc3C2)CC1. The van der Waals surface area contributed by atoms with E-state index < -0.39 is 0 Å². The molecule has 0 aliphatic carbocycles. The van der Waals surface area contributed by atoms with Crippen LogP contribution in [0.4, 0.5) is 0 Å². The van der Waals surface area contributed by atoms with Crippen LogP contribution in [0, 0.1) is 0 Å². The van der Waals surface area contributed by atoms with E-state index in [1.165, 1.54) is 35.1 Å². The molecule has 1 saturated heterocycles. The van der Waals surface area contributed by atoms with Crippen molar-refractivity contribution in [2.75, 3.05) is 39.3 Å². The van der Waals surface area contributed by atoms with Crippen LogP contribution in [0.3, 0.4) is 0 Å². The number of amides is 1. The van der Waals surface area contributed by atoms with E-state index in [2.05, 4.69) is 77.1 Å². The van der Waals surface area contributed by atoms with Gasteiger partial charge in [-0.15, -0.1) is 0 Å². The highest BCUT2D eigenvalue weighted by atomic mass is 16.2. The van der Waals surface area contributed by atoms with Crippen molar-refractivity contribution < 1.29 is 4.79 Å². The second-order valence-electron chi connectivity index (χ2n) is 8.70. The summed E-state index contributed by atoms with van der Waals surface area (Å²) in [6.45, 7) is 10.7. The van der Waals surface area contributed by atoms with E-state index in [9.17, 15) is 4.79 Å². The average Bonchev–Trinajstić information content (AvgIpc) is 2.80. The predicted molar refractivity (Wildman–Crippen MR) is 123 cm³/mol. The van der Waals surface area contributed by atoms with Crippen molar-refractivity contribution in [1.29, 1.82) is 0 Å². The lowest BCUT2D eigenvalue weighted by Gasteiger charge is -2.39. The van der Waals surface area contributed by atoms with Crippen molar-refractivity contribution in [1.82, 2.24) is 14.7 Å². The summed E-state index contributed by atoms with van der Waals surface area (Å²) in [5.74, 6) is 0.295. The van der Waals surface area contributed by atoms with Gasteiger partial charge < -0.3 is 4.90 Å². The quantitative estimate of drug-likeness (QED) is 0.726. The molecule has 0 radical (unpaired) electrons. The van der Waals surface area contributed by atoms with Crippen LogP contribution in [0.25, 0.3) is 11.1 Å². The maximum atomic E-state index is 12.9. The molecule has 0 bridgehead atoms. The summed E-state index contributed by atoms with van der Waals surface area (Å²) in [5.41, 5.74) is 5.35. The summed E-state index contributed by atoms with van der Waals surface area (Å²) in [7, 11) is 0. The molecule has 160 valence electrons. The summed E-state index contributed by atoms with van der Waals surface area (Å²) in [6.07, 6.45) is 3.42. The van der Waals surface area contributed by atoms with Crippen LogP contribution in [0.2, 0.25) is 0 Å². The molecular formula is C26H35N3O. The van der Waals surface area contributed by atoms with E-state index in [-0.39, 0.29) is 0 Å². The lowest BCUT2D eigenvalue weighted by atomic mass is 9.94. The minimum Gasteiger partial charge on any atom is -0.339 e. The number of nitrogens with zero attached hydrogens (tertiary/aromatic N) is 3. The fraction of sp³-hybridized carbons (Fsp3) is 0.500. The van der Waals surface area contributed by atoms with Gasteiger partial charge in [0.2, 0.25) is 5.91 Å². The Balaban J connectivity index is 1.32. The smallest absolute Gasteiger partial charge is 0.236 e. The Hall–Kier alpha value is -2.17. The van der Waals surface area contributed by atoms with Gasteiger partial charge in [-0.3, -0.25) is 14.6 Å². The molecular weight excluding hydrogens is 370 g/mol. The van der Waals surface area contributed by atoms with E-state index in [1.807, 2.05) is 0 Å². The van der Waals surface area contributed by atoms with Gasteiger partial charge in [-0.1, -0.05) is 62.4 Å². The first kappa shape index (κ1) is 21.1. The first-order chi connectivity index (χ1) is 14.7. The molecule has 2 aromatic rings. The molecule has 4 heteroatoms. The molecule has 1 fully saturated rings. The van der Waals surface area contributed by atoms with Gasteiger partial charge in [-0.2, -0.15) is 0 Å². The number of carbonyl (C=O) groups is 1. The number of hydrogen-bond donors (Lipinski definition) is 0. The van der Waals surface area contributed by atoms with Crippen molar-refractivity contribution in [2.24, 2.45) is 0 Å². The molecule has 4 nitrogen and oxygen atoms in total. The number of carbonyl (C=O) groups excluding carboxylic acids is 1. The lowest BCUT2D eigenvalue weighted by Crippen LogP contribution is -2.53. The normalized spacial score (nSPS) is 17.9. The molecule has 2 heterocycles. The fourth-order valence-corrected chi connectivity index (χ4v) is 4.99. The minimum atomic E-state index is 0.295. The Labute approximate surface area is 181 Å². The zero-order valence-corrected chi connectivity index (χ0v) is 18.5. The highest BCUT2D eigenvalue weighted by Gasteiger charge is 2.26. The van der Waals surface area contributed by atoms with Crippen molar-refractivity contribution in [3.05, 3.63) is 59.7 Å². The Morgan fingerprint density at radius 1 is 0.867 bits per heavy atom. The summed E-state index contributed by atoms with van der Waals surface area (Å²) in [4.78, 5) is 19.9. The van der Waals surface area contributed by atoms with Gasteiger partial charge in [0, 0.05) is 45.3 Å². The maximum Gasteiger partial charge on any atom is 0.236 e. The molecule has 0 spiro atoms. The molecule has 2 aliphatic heterocycles. The summed E-state index contributed by atoms with van der Waals surface area (Å²) in [5, 5.41) is 0. The van der Waals surface area contributed by atoms with E-state index in [1.54, 1.807) is 0 Å². The third-order valence-electron chi connectivity index (χ3n) is 6.89. The molecule has 0 atom stereocenters. The fourth-order valence-electron chi connectivity index (χ4n) is 4.99. The third kappa shape index (κ3) is 4.76. The summed E-state index contributed by atoms with van der Waals surface area (Å²) in [6, 6.07) is 18.0. The van der Waals surface area contributed by atoms with Gasteiger partial charge in [0.25, 0.3) is 0 Å². The van der Waals surface area contributed by atoms with Crippen LogP contribution in [0.15, 0.2) is 48.5 Å². The minimum absolute atomic E-state index is 0.295. The van der Waals surface area contributed by atoms with Crippen LogP contribution < -0.4 is 0 Å². The molecule has 0 saturated carbocycles. The molecule has 30 heavy (non-hydrogen) atoms. The Bertz CT molecular complexity index is 839. The highest BCUT2D eigenvalue weighted by molar-refractivity contribution is 5.78. The maximum absolute atomic E-state index is 12.9. The van der Waals surface area contributed by atoms with Crippen LogP contribution >= 0.6 is 0 Å². The highest BCUT2D eigenvalue weighted by Crippen LogP contribution is 2.26. The van der Waals surface area contributed by atoms with E-state index >= 15 is 0 Å². The van der Waals surface area contributed by atoms with E-state index in [0.29, 0.717) is 18.5 Å². The van der Waals surface area contributed by atoms with Gasteiger partial charge in [-0.05, 0) is 41.5 Å². The first-order valence-electron chi connectivity index (χ1n) is 11.6. The Morgan fingerprint density at radius 3 is 2.30 bits per heavy atom. The number of rotatable bonds is 6. The van der Waals surface area contributed by atoms with Crippen LogP contribution in [-0.2, 0) is 17.8 Å². The monoisotopic (exact) mass is 405 g/mol. The molecule has 0 N–H and O–H groups in total. The topological polar surface area (TPSA) is 26.8 Å². The van der Waals surface area contributed by atoms with Gasteiger partial charge in [-0.25, -0.2) is 0 Å². The summed E-state index contributed by atoms with van der Waals surface area (Å²) >= 11 is 0. The zero-order chi connectivity index (χ0) is 20.9. The number of hydrogen-bond acceptors (Lipinski definition) is 3. The molecule has 0 unspecified atom stereocenters. The van der Waals surface area contributed by atoms with Crippen LogP contribution in [-0.4, -0.2) is 65.9 Å². The second kappa shape index (κ2) is 9.76. The van der Waals surface area contributed by atoms with Crippen LogP contribution in [0.1, 0.15) is 37.8 Å². The van der Waals surface area contributed by atoms with Gasteiger partial charge >= 0.3 is 0 Å². The second-order valence-corrected chi connectivity index (χ2v) is 8.70. The number of fused-ring (bicyclic) bond motifs is 1. The predicted octanol–water partition coefficient (Wildman–Crippen LogP) is 4.04. The molecule has 0 aromatic heterocycles. The Kier molecular flexibility index (Phi) is 6.86. The molecule has 2 aromatic carbocycles. The van der Waals surface area contributed by atoms with Crippen molar-refractivity contribution in [3.63, 3.8) is 0 Å². The van der Waals surface area contributed by atoms with Gasteiger partial charge in [0.05, 0.1) is 6.54 Å². The van der Waals surface area contributed by atoms with Crippen LogP contribution in [0.5, 0.6) is 0 Å². The standard InChI is InChI=1S/C26H35N3O/c1-3-25(4-2)28-14-16-29(17-15-28)26(30)20-27-13-12-23-18-22(10-11-24(23)19-27)21-8-6-5-7-9-21/h5-11,18,25H,3-4,12-17,19-20H2,1-2H3. The number of benzene rings is 2. The van der Waals surface area contributed by atoms with Crippen molar-refractivity contribution in [3.8, 4) is 11.1 Å². The summed E-state index contributed by atoms with van der Waals surface area (Å²) < 4.78 is 0. The van der Waals surface area contributed by atoms with Crippen molar-refractivity contribution in [2.45, 2.75) is 45.7 Å². The van der Waals surface area contributed by atoms with Gasteiger partial charge in [0.1, 0.15) is 0 Å². The Morgan fingerprint density at radius 2 is 1.60 bits per heavy atom. The largest absolute Gasteiger partial charge is 0.339 e. The van der Waals surface area contributed by atoms with E-state index in [4.69, 9.17) is 0 Å². The zero-order valence-electron chi connectivity index (χ0n) is 18.5. The van der Waals surface area contributed by atoms with Gasteiger partial charge in [0.15, 0.2) is 0 Å². The molecule has 1 amide bonds. The molecule has 2 aliphatic rings. The first-order valence-corrected chi connectivity index (χ1v) is 11.6. The third-order valence-corrected chi connectivity index (χ3v) is 6.89. The lowest BCUT2D eigenvalue weighted by molar-refractivity contribution is -0.134. The number of piperazine rings is 1. The average molecular weight is 406 g/mol. The molecule has 4 rings (SSSR count).